The van der Waals surface area contributed by atoms with Gasteiger partial charge in [0.05, 0.1) is 11.3 Å². The fourth-order valence-corrected chi connectivity index (χ4v) is 2.03. The molecule has 0 aliphatic rings. The molecule has 0 fully saturated rings. The van der Waals surface area contributed by atoms with E-state index in [0.717, 1.165) is 24.3 Å². The molecule has 9 heteroatoms. The summed E-state index contributed by atoms with van der Waals surface area (Å²) in [5.74, 6) is -1.19. The van der Waals surface area contributed by atoms with Crippen LogP contribution < -0.4 is 5.32 Å². The van der Waals surface area contributed by atoms with Crippen LogP contribution in [0.3, 0.4) is 0 Å². The number of esters is 1. The highest BCUT2D eigenvalue weighted by Crippen LogP contribution is 2.29. The van der Waals surface area contributed by atoms with Crippen LogP contribution in [0.15, 0.2) is 28.8 Å². The standard InChI is InChI=1S/C16H15F3N2O4/c1-8-13(9(2)25-21-8)15(23)24-10(3)14(22)20-12-6-4-11(5-7-12)16(17,18)19/h4-7,10H,1-3H3,(H,20,22)/t10-/m0/s1. The van der Waals surface area contributed by atoms with Crippen molar-refractivity contribution < 1.29 is 32.0 Å². The van der Waals surface area contributed by atoms with Gasteiger partial charge >= 0.3 is 12.1 Å². The molecule has 1 aromatic heterocycles. The number of halogens is 3. The highest BCUT2D eigenvalue weighted by Gasteiger charge is 2.30. The summed E-state index contributed by atoms with van der Waals surface area (Å²) >= 11 is 0. The summed E-state index contributed by atoms with van der Waals surface area (Å²) in [5.41, 5.74) is -0.214. The van der Waals surface area contributed by atoms with E-state index in [2.05, 4.69) is 10.5 Å². The Balaban J connectivity index is 2.00. The van der Waals surface area contributed by atoms with E-state index in [9.17, 15) is 22.8 Å². The zero-order chi connectivity index (χ0) is 18.8. The monoisotopic (exact) mass is 356 g/mol. The Labute approximate surface area is 140 Å². The molecule has 0 aliphatic heterocycles. The number of aromatic nitrogens is 1. The molecule has 1 heterocycles. The summed E-state index contributed by atoms with van der Waals surface area (Å²) in [5, 5.41) is 5.99. The molecular formula is C16H15F3N2O4. The number of amides is 1. The van der Waals surface area contributed by atoms with Crippen molar-refractivity contribution in [3.8, 4) is 0 Å². The predicted octanol–water partition coefficient (Wildman–Crippen LogP) is 3.49. The quantitative estimate of drug-likeness (QED) is 0.848. The molecule has 1 amide bonds. The lowest BCUT2D eigenvalue weighted by atomic mass is 10.2. The first-order chi connectivity index (χ1) is 11.6. The van der Waals surface area contributed by atoms with Gasteiger partial charge in [-0.25, -0.2) is 4.79 Å². The van der Waals surface area contributed by atoms with Crippen molar-refractivity contribution in [3.63, 3.8) is 0 Å². The highest BCUT2D eigenvalue weighted by atomic mass is 19.4. The van der Waals surface area contributed by atoms with Gasteiger partial charge in [-0.1, -0.05) is 5.16 Å². The minimum Gasteiger partial charge on any atom is -0.449 e. The van der Waals surface area contributed by atoms with Gasteiger partial charge in [-0.2, -0.15) is 13.2 Å². The molecular weight excluding hydrogens is 341 g/mol. The van der Waals surface area contributed by atoms with Crippen molar-refractivity contribution in [2.24, 2.45) is 0 Å². The number of carbonyl (C=O) groups excluding carboxylic acids is 2. The summed E-state index contributed by atoms with van der Waals surface area (Å²) in [4.78, 5) is 24.1. The first-order valence-electron chi connectivity index (χ1n) is 7.21. The van der Waals surface area contributed by atoms with E-state index in [1.165, 1.54) is 13.8 Å². The summed E-state index contributed by atoms with van der Waals surface area (Å²) in [6, 6.07) is 3.92. The second-order valence-corrected chi connectivity index (χ2v) is 5.31. The number of aryl methyl sites for hydroxylation is 2. The maximum atomic E-state index is 12.5. The molecule has 2 aromatic rings. The summed E-state index contributed by atoms with van der Waals surface area (Å²) < 4.78 is 47.4. The Kier molecular flexibility index (Phi) is 5.15. The zero-order valence-corrected chi connectivity index (χ0v) is 13.6. The fraction of sp³-hybridized carbons (Fsp3) is 0.312. The molecule has 1 aromatic carbocycles. The van der Waals surface area contributed by atoms with Crippen LogP contribution in [0.5, 0.6) is 0 Å². The average molecular weight is 356 g/mol. The molecule has 0 spiro atoms. The molecule has 0 aliphatic carbocycles. The largest absolute Gasteiger partial charge is 0.449 e. The Morgan fingerprint density at radius 1 is 1.20 bits per heavy atom. The zero-order valence-electron chi connectivity index (χ0n) is 13.6. The number of anilines is 1. The van der Waals surface area contributed by atoms with Crippen LogP contribution in [-0.2, 0) is 15.7 Å². The van der Waals surface area contributed by atoms with Crippen LogP contribution in [0.25, 0.3) is 0 Å². The van der Waals surface area contributed by atoms with Gasteiger partial charge in [-0.05, 0) is 45.0 Å². The maximum Gasteiger partial charge on any atom is 0.416 e. The van der Waals surface area contributed by atoms with E-state index in [4.69, 9.17) is 9.26 Å². The smallest absolute Gasteiger partial charge is 0.416 e. The van der Waals surface area contributed by atoms with E-state index < -0.39 is 29.7 Å². The molecule has 0 saturated carbocycles. The number of nitrogens with zero attached hydrogens (tertiary/aromatic N) is 1. The van der Waals surface area contributed by atoms with Crippen molar-refractivity contribution in [2.75, 3.05) is 5.32 Å². The summed E-state index contributed by atoms with van der Waals surface area (Å²) in [7, 11) is 0. The van der Waals surface area contributed by atoms with Crippen LogP contribution >= 0.6 is 0 Å². The molecule has 0 radical (unpaired) electrons. The molecule has 1 atom stereocenters. The number of rotatable bonds is 4. The second-order valence-electron chi connectivity index (χ2n) is 5.31. The molecule has 25 heavy (non-hydrogen) atoms. The second kappa shape index (κ2) is 6.96. The topological polar surface area (TPSA) is 81.4 Å². The van der Waals surface area contributed by atoms with Crippen LogP contribution in [0.1, 0.15) is 34.3 Å². The van der Waals surface area contributed by atoms with Gasteiger partial charge < -0.3 is 14.6 Å². The number of hydrogen-bond donors (Lipinski definition) is 1. The Morgan fingerprint density at radius 2 is 1.80 bits per heavy atom. The van der Waals surface area contributed by atoms with Gasteiger partial charge in [-0.3, -0.25) is 4.79 Å². The number of carbonyl (C=O) groups is 2. The van der Waals surface area contributed by atoms with Crippen molar-refractivity contribution in [3.05, 3.63) is 46.8 Å². The Bertz CT molecular complexity index is 762. The van der Waals surface area contributed by atoms with Crippen LogP contribution in [0, 0.1) is 13.8 Å². The minimum atomic E-state index is -4.46. The summed E-state index contributed by atoms with van der Waals surface area (Å²) in [6.07, 6.45) is -5.62. The first kappa shape index (κ1) is 18.5. The van der Waals surface area contributed by atoms with Gasteiger partial charge in [-0.15, -0.1) is 0 Å². The first-order valence-corrected chi connectivity index (χ1v) is 7.21. The Hall–Kier alpha value is -2.84. The highest BCUT2D eigenvalue weighted by molar-refractivity contribution is 5.98. The van der Waals surface area contributed by atoms with Gasteiger partial charge in [0.25, 0.3) is 5.91 Å². The van der Waals surface area contributed by atoms with Crippen molar-refractivity contribution in [2.45, 2.75) is 33.1 Å². The molecule has 6 nitrogen and oxygen atoms in total. The molecule has 0 saturated heterocycles. The molecule has 0 unspecified atom stereocenters. The van der Waals surface area contributed by atoms with E-state index >= 15 is 0 Å². The minimum absolute atomic E-state index is 0.134. The number of ether oxygens (including phenoxy) is 1. The van der Waals surface area contributed by atoms with E-state index in [0.29, 0.717) is 5.69 Å². The van der Waals surface area contributed by atoms with Crippen molar-refractivity contribution in [1.82, 2.24) is 5.16 Å². The van der Waals surface area contributed by atoms with Gasteiger partial charge in [0.1, 0.15) is 11.3 Å². The fourth-order valence-electron chi connectivity index (χ4n) is 2.03. The third-order valence-corrected chi connectivity index (χ3v) is 3.37. The number of nitrogens with one attached hydrogen (secondary N) is 1. The van der Waals surface area contributed by atoms with Crippen LogP contribution in [0.2, 0.25) is 0 Å². The lowest BCUT2D eigenvalue weighted by Crippen LogP contribution is -2.30. The lowest BCUT2D eigenvalue weighted by Gasteiger charge is -2.14. The van der Waals surface area contributed by atoms with Crippen molar-refractivity contribution in [1.29, 1.82) is 0 Å². The molecule has 1 N–H and O–H groups in total. The van der Waals surface area contributed by atoms with Gasteiger partial charge in [0.15, 0.2) is 6.10 Å². The van der Waals surface area contributed by atoms with Crippen LogP contribution in [-0.4, -0.2) is 23.1 Å². The van der Waals surface area contributed by atoms with Crippen LogP contribution in [0.4, 0.5) is 18.9 Å². The molecule has 2 rings (SSSR count). The third-order valence-electron chi connectivity index (χ3n) is 3.37. The average Bonchev–Trinajstić information content (AvgIpc) is 2.85. The summed E-state index contributed by atoms with van der Waals surface area (Å²) in [6.45, 7) is 4.43. The maximum absolute atomic E-state index is 12.5. The SMILES string of the molecule is Cc1noc(C)c1C(=O)O[C@@H](C)C(=O)Nc1ccc(C(F)(F)F)cc1. The Morgan fingerprint density at radius 3 is 2.28 bits per heavy atom. The number of alkyl halides is 3. The lowest BCUT2D eigenvalue weighted by molar-refractivity contribution is -0.137. The predicted molar refractivity (Wildman–Crippen MR) is 80.9 cm³/mol. The normalized spacial score (nSPS) is 12.6. The van der Waals surface area contributed by atoms with E-state index in [1.54, 1.807) is 6.92 Å². The number of benzene rings is 1. The van der Waals surface area contributed by atoms with Gasteiger partial charge in [0.2, 0.25) is 0 Å². The van der Waals surface area contributed by atoms with Crippen molar-refractivity contribution >= 4 is 17.6 Å². The number of hydrogen-bond acceptors (Lipinski definition) is 5. The molecule has 134 valence electrons. The molecule has 0 bridgehead atoms. The third kappa shape index (κ3) is 4.37. The van der Waals surface area contributed by atoms with E-state index in [1.807, 2.05) is 0 Å². The van der Waals surface area contributed by atoms with E-state index in [-0.39, 0.29) is 17.0 Å². The van der Waals surface area contributed by atoms with Gasteiger partial charge in [0, 0.05) is 5.69 Å².